The number of ether oxygens (including phenoxy) is 2. The molecule has 1 aromatic carbocycles. The molecule has 150 valence electrons. The number of carbonyl (C=O) groups is 1. The van der Waals surface area contributed by atoms with Crippen LogP contribution in [0.5, 0.6) is 5.75 Å². The van der Waals surface area contributed by atoms with E-state index in [1.807, 2.05) is 24.3 Å². The Kier molecular flexibility index (Phi) is 12.6. The summed E-state index contributed by atoms with van der Waals surface area (Å²) in [5, 5.41) is 2.80. The summed E-state index contributed by atoms with van der Waals surface area (Å²) in [6.45, 7) is 5.36. The van der Waals surface area contributed by atoms with Gasteiger partial charge in [0.1, 0.15) is 12.4 Å². The average Bonchev–Trinajstić information content (AvgIpc) is 2.60. The molecule has 8 heteroatoms. The molecule has 0 radical (unpaired) electrons. The van der Waals surface area contributed by atoms with Crippen molar-refractivity contribution in [1.29, 1.82) is 0 Å². The minimum Gasteiger partial charge on any atom is -0.492 e. The summed E-state index contributed by atoms with van der Waals surface area (Å²) in [6.07, 6.45) is 2.18. The van der Waals surface area contributed by atoms with Gasteiger partial charge < -0.3 is 20.5 Å². The van der Waals surface area contributed by atoms with E-state index in [0.29, 0.717) is 19.2 Å². The zero-order chi connectivity index (χ0) is 17.4. The van der Waals surface area contributed by atoms with Crippen molar-refractivity contribution < 1.29 is 14.3 Å². The molecule has 1 heterocycles. The Morgan fingerprint density at radius 3 is 2.73 bits per heavy atom. The molecule has 1 atom stereocenters. The summed E-state index contributed by atoms with van der Waals surface area (Å²) >= 11 is 0. The highest BCUT2D eigenvalue weighted by atomic mass is 35.5. The fourth-order valence-corrected chi connectivity index (χ4v) is 2.71. The second-order valence-corrected chi connectivity index (χ2v) is 6.33. The number of amides is 1. The van der Waals surface area contributed by atoms with Gasteiger partial charge in [-0.1, -0.05) is 12.1 Å². The van der Waals surface area contributed by atoms with E-state index < -0.39 is 6.04 Å². The van der Waals surface area contributed by atoms with Crippen LogP contribution in [0.4, 0.5) is 0 Å². The fourth-order valence-electron chi connectivity index (χ4n) is 2.71. The molecule has 1 aliphatic rings. The van der Waals surface area contributed by atoms with E-state index in [1.54, 1.807) is 6.92 Å². The lowest BCUT2D eigenvalue weighted by Crippen LogP contribution is -2.38. The molecule has 1 aliphatic heterocycles. The van der Waals surface area contributed by atoms with Gasteiger partial charge in [-0.05, 0) is 44.5 Å². The number of hydrogen-bond acceptors (Lipinski definition) is 5. The minimum atomic E-state index is -0.495. The molecular formula is C18H31Cl2N3O3. The van der Waals surface area contributed by atoms with Gasteiger partial charge in [-0.15, -0.1) is 24.8 Å². The van der Waals surface area contributed by atoms with Crippen molar-refractivity contribution in [2.24, 2.45) is 5.73 Å². The molecule has 0 bridgehead atoms. The topological polar surface area (TPSA) is 76.8 Å². The summed E-state index contributed by atoms with van der Waals surface area (Å²) in [7, 11) is 2.14. The normalized spacial score (nSPS) is 15.5. The Hall–Kier alpha value is -1.05. The second-order valence-electron chi connectivity index (χ2n) is 6.33. The zero-order valence-electron chi connectivity index (χ0n) is 15.5. The maximum Gasteiger partial charge on any atom is 0.236 e. The Labute approximate surface area is 168 Å². The molecule has 26 heavy (non-hydrogen) atoms. The highest BCUT2D eigenvalue weighted by Crippen LogP contribution is 2.15. The first kappa shape index (κ1) is 24.9. The number of nitrogens with two attached hydrogens (primary N) is 1. The first-order valence-corrected chi connectivity index (χ1v) is 8.59. The predicted molar refractivity (Wildman–Crippen MR) is 108 cm³/mol. The van der Waals surface area contributed by atoms with Gasteiger partial charge in [0.05, 0.1) is 6.04 Å². The van der Waals surface area contributed by atoms with Crippen molar-refractivity contribution in [1.82, 2.24) is 10.2 Å². The Morgan fingerprint density at radius 1 is 1.38 bits per heavy atom. The van der Waals surface area contributed by atoms with Crippen LogP contribution in [0, 0.1) is 0 Å². The van der Waals surface area contributed by atoms with Gasteiger partial charge in [0.2, 0.25) is 5.91 Å². The smallest absolute Gasteiger partial charge is 0.236 e. The number of rotatable bonds is 8. The Morgan fingerprint density at radius 2 is 2.08 bits per heavy atom. The van der Waals surface area contributed by atoms with E-state index in [1.165, 1.54) is 0 Å². The lowest BCUT2D eigenvalue weighted by atomic mass is 10.1. The number of carbonyl (C=O) groups excluding carboxylic acids is 1. The van der Waals surface area contributed by atoms with Gasteiger partial charge in [-0.3, -0.25) is 9.69 Å². The first-order valence-electron chi connectivity index (χ1n) is 8.59. The number of halogens is 2. The summed E-state index contributed by atoms with van der Waals surface area (Å²) < 4.78 is 11.2. The van der Waals surface area contributed by atoms with Crippen LogP contribution in [-0.2, 0) is 16.1 Å². The summed E-state index contributed by atoms with van der Waals surface area (Å²) in [6, 6.07) is 7.88. The quantitative estimate of drug-likeness (QED) is 0.688. The summed E-state index contributed by atoms with van der Waals surface area (Å²) in [4.78, 5) is 13.9. The molecule has 1 aromatic rings. The monoisotopic (exact) mass is 407 g/mol. The Bertz CT molecular complexity index is 526. The van der Waals surface area contributed by atoms with Crippen LogP contribution in [0.15, 0.2) is 24.3 Å². The van der Waals surface area contributed by atoms with Crippen molar-refractivity contribution in [3.05, 3.63) is 29.8 Å². The lowest BCUT2D eigenvalue weighted by molar-refractivity contribution is -0.122. The van der Waals surface area contributed by atoms with Crippen molar-refractivity contribution >= 4 is 30.7 Å². The van der Waals surface area contributed by atoms with Crippen LogP contribution in [-0.4, -0.2) is 56.3 Å². The van der Waals surface area contributed by atoms with Crippen LogP contribution >= 0.6 is 24.8 Å². The minimum absolute atomic E-state index is 0. The molecule has 6 nitrogen and oxygen atoms in total. The molecule has 1 fully saturated rings. The Balaban J connectivity index is 0.00000312. The maximum absolute atomic E-state index is 11.5. The summed E-state index contributed by atoms with van der Waals surface area (Å²) in [5.74, 6) is 0.669. The van der Waals surface area contributed by atoms with Crippen molar-refractivity contribution in [2.45, 2.75) is 38.4 Å². The molecule has 0 unspecified atom stereocenters. The SMILES string of the molecule is C[C@@H](N)C(=O)NCc1cccc(OCCN(C)C2CCOCC2)c1.Cl.Cl. The zero-order valence-corrected chi connectivity index (χ0v) is 17.1. The fraction of sp³-hybridized carbons (Fsp3) is 0.611. The van der Waals surface area contributed by atoms with Gasteiger partial charge in [-0.2, -0.15) is 0 Å². The molecule has 0 spiro atoms. The molecule has 3 N–H and O–H groups in total. The first-order chi connectivity index (χ1) is 11.6. The van der Waals surface area contributed by atoms with Gasteiger partial charge in [-0.25, -0.2) is 0 Å². The molecular weight excluding hydrogens is 377 g/mol. The molecule has 1 amide bonds. The number of nitrogens with one attached hydrogen (secondary N) is 1. The van der Waals surface area contributed by atoms with E-state index in [4.69, 9.17) is 15.2 Å². The number of hydrogen-bond donors (Lipinski definition) is 2. The van der Waals surface area contributed by atoms with Crippen LogP contribution in [0.3, 0.4) is 0 Å². The van der Waals surface area contributed by atoms with Crippen LogP contribution < -0.4 is 15.8 Å². The number of nitrogens with zero attached hydrogens (tertiary/aromatic N) is 1. The van der Waals surface area contributed by atoms with Crippen molar-refractivity contribution in [3.63, 3.8) is 0 Å². The third kappa shape index (κ3) is 8.56. The molecule has 2 rings (SSSR count). The summed E-state index contributed by atoms with van der Waals surface area (Å²) in [5.41, 5.74) is 6.54. The number of likely N-dealkylation sites (N-methyl/N-ethyl adjacent to an activating group) is 1. The number of benzene rings is 1. The van der Waals surface area contributed by atoms with Crippen molar-refractivity contribution in [2.75, 3.05) is 33.4 Å². The molecule has 0 aliphatic carbocycles. The van der Waals surface area contributed by atoms with Gasteiger partial charge >= 0.3 is 0 Å². The highest BCUT2D eigenvalue weighted by molar-refractivity contribution is 5.85. The van der Waals surface area contributed by atoms with Gasteiger partial charge in [0.25, 0.3) is 0 Å². The predicted octanol–water partition coefficient (Wildman–Crippen LogP) is 1.98. The van der Waals surface area contributed by atoms with Crippen LogP contribution in [0.2, 0.25) is 0 Å². The molecule has 0 aromatic heterocycles. The van der Waals surface area contributed by atoms with Gasteiger partial charge in [0, 0.05) is 32.3 Å². The lowest BCUT2D eigenvalue weighted by Gasteiger charge is -2.31. The van der Waals surface area contributed by atoms with Crippen LogP contribution in [0.25, 0.3) is 0 Å². The standard InChI is InChI=1S/C18H29N3O3.2ClH/c1-14(19)18(22)20-13-15-4-3-5-17(12-15)24-11-8-21(2)16-6-9-23-10-7-16;;/h3-5,12,14,16H,6-11,13,19H2,1-2H3,(H,20,22);2*1H/t14-;;/m1../s1. The van der Waals surface area contributed by atoms with E-state index in [-0.39, 0.29) is 30.7 Å². The maximum atomic E-state index is 11.5. The molecule has 0 saturated carbocycles. The van der Waals surface area contributed by atoms with Crippen LogP contribution in [0.1, 0.15) is 25.3 Å². The largest absolute Gasteiger partial charge is 0.492 e. The second kappa shape index (κ2) is 13.2. The third-order valence-electron chi connectivity index (χ3n) is 4.31. The average molecular weight is 408 g/mol. The van der Waals surface area contributed by atoms with Crippen molar-refractivity contribution in [3.8, 4) is 5.75 Å². The van der Waals surface area contributed by atoms with Gasteiger partial charge in [0.15, 0.2) is 0 Å². The van der Waals surface area contributed by atoms with E-state index in [2.05, 4.69) is 17.3 Å². The highest BCUT2D eigenvalue weighted by Gasteiger charge is 2.17. The van der Waals surface area contributed by atoms with E-state index in [9.17, 15) is 4.79 Å². The molecule has 1 saturated heterocycles. The third-order valence-corrected chi connectivity index (χ3v) is 4.31. The van der Waals surface area contributed by atoms with E-state index in [0.717, 1.165) is 43.9 Å². The van der Waals surface area contributed by atoms with E-state index >= 15 is 0 Å².